The van der Waals surface area contributed by atoms with Gasteiger partial charge in [-0.3, -0.25) is 0 Å². The molecule has 1 aliphatic rings. The summed E-state index contributed by atoms with van der Waals surface area (Å²) in [6.07, 6.45) is 2.14. The van der Waals surface area contributed by atoms with Crippen molar-refractivity contribution in [1.29, 1.82) is 0 Å². The summed E-state index contributed by atoms with van der Waals surface area (Å²) in [5.41, 5.74) is 1.85. The zero-order valence-electron chi connectivity index (χ0n) is 9.84. The molecule has 1 aromatic carbocycles. The minimum atomic E-state index is 0.0629. The van der Waals surface area contributed by atoms with Crippen LogP contribution in [0.2, 0.25) is 5.15 Å². The molecule has 0 unspecified atom stereocenters. The van der Waals surface area contributed by atoms with Gasteiger partial charge in [-0.15, -0.1) is 0 Å². The standard InChI is InChI=1S/C14H13ClN2O/c15-13-9-11(12-7-4-8-18-12)16-14(17-13)10-5-2-1-3-6-10/h1-3,5-6,9,12H,4,7-8H2/t12-/m1/s1. The van der Waals surface area contributed by atoms with Crippen LogP contribution in [-0.2, 0) is 4.74 Å². The Morgan fingerprint density at radius 1 is 1.17 bits per heavy atom. The Morgan fingerprint density at radius 3 is 2.72 bits per heavy atom. The molecule has 92 valence electrons. The van der Waals surface area contributed by atoms with Crippen LogP contribution in [0.1, 0.15) is 24.6 Å². The molecule has 0 bridgehead atoms. The molecule has 1 saturated heterocycles. The molecule has 3 rings (SSSR count). The fourth-order valence-corrected chi connectivity index (χ4v) is 2.32. The molecule has 0 spiro atoms. The van der Waals surface area contributed by atoms with Crippen molar-refractivity contribution in [3.05, 3.63) is 47.2 Å². The summed E-state index contributed by atoms with van der Waals surface area (Å²) in [4.78, 5) is 8.84. The van der Waals surface area contributed by atoms with E-state index in [2.05, 4.69) is 9.97 Å². The number of benzene rings is 1. The topological polar surface area (TPSA) is 35.0 Å². The number of rotatable bonds is 2. The fraction of sp³-hybridized carbons (Fsp3) is 0.286. The van der Waals surface area contributed by atoms with Crippen LogP contribution in [0.25, 0.3) is 11.4 Å². The molecule has 0 aliphatic carbocycles. The third-order valence-corrected chi connectivity index (χ3v) is 3.20. The maximum absolute atomic E-state index is 6.07. The van der Waals surface area contributed by atoms with Crippen molar-refractivity contribution in [2.75, 3.05) is 6.61 Å². The lowest BCUT2D eigenvalue weighted by atomic mass is 10.1. The SMILES string of the molecule is Clc1cc([C@H]2CCCO2)nc(-c2ccccc2)n1. The number of nitrogens with zero attached hydrogens (tertiary/aromatic N) is 2. The minimum absolute atomic E-state index is 0.0629. The van der Waals surface area contributed by atoms with E-state index in [9.17, 15) is 0 Å². The number of halogens is 1. The first-order chi connectivity index (χ1) is 8.83. The van der Waals surface area contributed by atoms with Gasteiger partial charge in [-0.05, 0) is 18.9 Å². The smallest absolute Gasteiger partial charge is 0.161 e. The average Bonchev–Trinajstić information content (AvgIpc) is 2.93. The summed E-state index contributed by atoms with van der Waals surface area (Å²) in [6.45, 7) is 0.799. The number of hydrogen-bond donors (Lipinski definition) is 0. The van der Waals surface area contributed by atoms with Crippen LogP contribution in [0.3, 0.4) is 0 Å². The van der Waals surface area contributed by atoms with Gasteiger partial charge in [0.25, 0.3) is 0 Å². The van der Waals surface area contributed by atoms with E-state index in [-0.39, 0.29) is 6.10 Å². The van der Waals surface area contributed by atoms with Crippen molar-refractivity contribution in [2.45, 2.75) is 18.9 Å². The third kappa shape index (κ3) is 2.37. The van der Waals surface area contributed by atoms with Gasteiger partial charge in [-0.2, -0.15) is 0 Å². The van der Waals surface area contributed by atoms with Gasteiger partial charge < -0.3 is 4.74 Å². The van der Waals surface area contributed by atoms with Crippen LogP contribution in [0.15, 0.2) is 36.4 Å². The summed E-state index contributed by atoms with van der Waals surface area (Å²) in [5.74, 6) is 0.661. The van der Waals surface area contributed by atoms with Gasteiger partial charge in [0, 0.05) is 12.2 Å². The highest BCUT2D eigenvalue weighted by Gasteiger charge is 2.20. The minimum Gasteiger partial charge on any atom is -0.372 e. The molecular weight excluding hydrogens is 248 g/mol. The lowest BCUT2D eigenvalue weighted by molar-refractivity contribution is 0.108. The number of ether oxygens (including phenoxy) is 1. The van der Waals surface area contributed by atoms with Crippen LogP contribution >= 0.6 is 11.6 Å². The second-order valence-corrected chi connectivity index (χ2v) is 4.69. The van der Waals surface area contributed by atoms with Crippen molar-refractivity contribution in [3.63, 3.8) is 0 Å². The zero-order chi connectivity index (χ0) is 12.4. The molecule has 2 aromatic rings. The summed E-state index contributed by atoms with van der Waals surface area (Å²) in [7, 11) is 0. The Kier molecular flexibility index (Phi) is 3.26. The summed E-state index contributed by atoms with van der Waals surface area (Å²) in [5, 5.41) is 0.467. The molecule has 1 atom stereocenters. The quantitative estimate of drug-likeness (QED) is 0.773. The predicted octanol–water partition coefficient (Wildman–Crippen LogP) is 3.65. The summed E-state index contributed by atoms with van der Waals surface area (Å²) >= 11 is 6.07. The van der Waals surface area contributed by atoms with E-state index in [1.165, 1.54) is 0 Å². The van der Waals surface area contributed by atoms with Gasteiger partial charge in [0.05, 0.1) is 11.8 Å². The molecule has 0 saturated carbocycles. The molecule has 1 aliphatic heterocycles. The summed E-state index contributed by atoms with van der Waals surface area (Å²) < 4.78 is 5.64. The van der Waals surface area contributed by atoms with Crippen molar-refractivity contribution in [3.8, 4) is 11.4 Å². The third-order valence-electron chi connectivity index (χ3n) is 3.01. The van der Waals surface area contributed by atoms with E-state index in [1.807, 2.05) is 30.3 Å². The van der Waals surface area contributed by atoms with Crippen LogP contribution in [0.4, 0.5) is 0 Å². The Balaban J connectivity index is 2.00. The number of hydrogen-bond acceptors (Lipinski definition) is 3. The van der Waals surface area contributed by atoms with Crippen LogP contribution < -0.4 is 0 Å². The highest BCUT2D eigenvalue weighted by atomic mass is 35.5. The van der Waals surface area contributed by atoms with Gasteiger partial charge in [0.2, 0.25) is 0 Å². The normalized spacial score (nSPS) is 19.1. The second kappa shape index (κ2) is 5.04. The van der Waals surface area contributed by atoms with Gasteiger partial charge in [-0.1, -0.05) is 41.9 Å². The molecule has 1 aromatic heterocycles. The second-order valence-electron chi connectivity index (χ2n) is 4.31. The number of aromatic nitrogens is 2. The van der Waals surface area contributed by atoms with Gasteiger partial charge in [-0.25, -0.2) is 9.97 Å². The maximum atomic E-state index is 6.07. The first-order valence-electron chi connectivity index (χ1n) is 6.04. The highest BCUT2D eigenvalue weighted by molar-refractivity contribution is 6.29. The van der Waals surface area contributed by atoms with Crippen LogP contribution in [-0.4, -0.2) is 16.6 Å². The van der Waals surface area contributed by atoms with Gasteiger partial charge in [0.15, 0.2) is 5.82 Å². The Hall–Kier alpha value is -1.45. The van der Waals surface area contributed by atoms with E-state index >= 15 is 0 Å². The predicted molar refractivity (Wildman–Crippen MR) is 70.4 cm³/mol. The van der Waals surface area contributed by atoms with Gasteiger partial charge in [0.1, 0.15) is 5.15 Å². The van der Waals surface area contributed by atoms with Crippen molar-refractivity contribution in [1.82, 2.24) is 9.97 Å². The Labute approximate surface area is 111 Å². The molecule has 0 amide bonds. The monoisotopic (exact) mass is 260 g/mol. The first kappa shape index (κ1) is 11.6. The maximum Gasteiger partial charge on any atom is 0.161 e. The van der Waals surface area contributed by atoms with Crippen LogP contribution in [0.5, 0.6) is 0 Å². The van der Waals surface area contributed by atoms with E-state index in [0.717, 1.165) is 30.7 Å². The first-order valence-corrected chi connectivity index (χ1v) is 6.42. The summed E-state index contributed by atoms with van der Waals surface area (Å²) in [6, 6.07) is 11.6. The molecule has 2 heterocycles. The molecule has 18 heavy (non-hydrogen) atoms. The van der Waals surface area contributed by atoms with Crippen LogP contribution in [0, 0.1) is 0 Å². The van der Waals surface area contributed by atoms with E-state index < -0.39 is 0 Å². The molecule has 1 fully saturated rings. The van der Waals surface area contributed by atoms with Crippen molar-refractivity contribution in [2.24, 2.45) is 0 Å². The van der Waals surface area contributed by atoms with E-state index in [4.69, 9.17) is 16.3 Å². The Bertz CT molecular complexity index is 539. The molecule has 4 heteroatoms. The van der Waals surface area contributed by atoms with E-state index in [0.29, 0.717) is 11.0 Å². The van der Waals surface area contributed by atoms with Crippen molar-refractivity contribution < 1.29 is 4.74 Å². The average molecular weight is 261 g/mol. The molecule has 3 nitrogen and oxygen atoms in total. The van der Waals surface area contributed by atoms with Gasteiger partial charge >= 0.3 is 0 Å². The lowest BCUT2D eigenvalue weighted by Gasteiger charge is -2.10. The largest absolute Gasteiger partial charge is 0.372 e. The van der Waals surface area contributed by atoms with Crippen molar-refractivity contribution >= 4 is 11.6 Å². The molecule has 0 radical (unpaired) electrons. The Morgan fingerprint density at radius 2 is 2.00 bits per heavy atom. The highest BCUT2D eigenvalue weighted by Crippen LogP contribution is 2.29. The molecule has 0 N–H and O–H groups in total. The zero-order valence-corrected chi connectivity index (χ0v) is 10.6. The van der Waals surface area contributed by atoms with E-state index in [1.54, 1.807) is 6.07 Å². The lowest BCUT2D eigenvalue weighted by Crippen LogP contribution is -2.02. The fourth-order valence-electron chi connectivity index (χ4n) is 2.13. The molecular formula is C14H13ClN2O.